The van der Waals surface area contributed by atoms with E-state index < -0.39 is 23.5 Å². The minimum Gasteiger partial charge on any atom is -0.396 e. The summed E-state index contributed by atoms with van der Waals surface area (Å²) in [5.41, 5.74) is 4.14. The van der Waals surface area contributed by atoms with Gasteiger partial charge in [0.2, 0.25) is 5.91 Å². The first kappa shape index (κ1) is 17.1. The summed E-state index contributed by atoms with van der Waals surface area (Å²) in [7, 11) is 0. The van der Waals surface area contributed by atoms with Gasteiger partial charge in [-0.2, -0.15) is 13.2 Å². The zero-order valence-electron chi connectivity index (χ0n) is 12.3. The number of halogens is 3. The smallest absolute Gasteiger partial charge is 0.396 e. The van der Waals surface area contributed by atoms with E-state index in [9.17, 15) is 18.0 Å². The second kappa shape index (κ2) is 5.79. The van der Waals surface area contributed by atoms with Crippen LogP contribution in [0.15, 0.2) is 12.3 Å². The van der Waals surface area contributed by atoms with Crippen LogP contribution in [0.1, 0.15) is 33.4 Å². The van der Waals surface area contributed by atoms with Crippen LogP contribution in [-0.4, -0.2) is 22.5 Å². The van der Waals surface area contributed by atoms with Crippen molar-refractivity contribution >= 4 is 17.3 Å². The minimum atomic E-state index is -4.57. The molecule has 4 N–H and O–H groups in total. The van der Waals surface area contributed by atoms with Crippen molar-refractivity contribution in [1.82, 2.24) is 10.3 Å². The first-order valence-corrected chi connectivity index (χ1v) is 6.31. The predicted molar refractivity (Wildman–Crippen MR) is 74.6 cm³/mol. The third kappa shape index (κ3) is 5.13. The number of carbonyl (C=O) groups excluding carboxylic acids is 1. The van der Waals surface area contributed by atoms with Gasteiger partial charge in [0.15, 0.2) is 0 Å². The first-order valence-electron chi connectivity index (χ1n) is 6.31. The molecule has 0 radical (unpaired) electrons. The Morgan fingerprint density at radius 1 is 1.33 bits per heavy atom. The van der Waals surface area contributed by atoms with Crippen LogP contribution in [0, 0.1) is 0 Å². The van der Waals surface area contributed by atoms with Crippen molar-refractivity contribution in [2.24, 2.45) is 0 Å². The average Bonchev–Trinajstić information content (AvgIpc) is 2.28. The molecule has 0 aliphatic heterocycles. The number of nitrogens with zero attached hydrogens (tertiary/aromatic N) is 1. The van der Waals surface area contributed by atoms with Gasteiger partial charge in [-0.25, -0.2) is 4.98 Å². The largest absolute Gasteiger partial charge is 0.433 e. The molecule has 0 aliphatic rings. The predicted octanol–water partition coefficient (Wildman–Crippen LogP) is 2.40. The molecule has 1 atom stereocenters. The van der Waals surface area contributed by atoms with E-state index in [1.165, 1.54) is 6.92 Å². The lowest BCUT2D eigenvalue weighted by molar-refractivity contribution is -0.141. The summed E-state index contributed by atoms with van der Waals surface area (Å²) < 4.78 is 37.8. The molecule has 118 valence electrons. The second-order valence-corrected chi connectivity index (χ2v) is 5.76. The molecule has 0 saturated heterocycles. The van der Waals surface area contributed by atoms with Crippen molar-refractivity contribution < 1.29 is 18.0 Å². The summed E-state index contributed by atoms with van der Waals surface area (Å²) in [6.45, 7) is 6.95. The molecule has 1 amide bonds. The van der Waals surface area contributed by atoms with Crippen LogP contribution in [0.25, 0.3) is 0 Å². The quantitative estimate of drug-likeness (QED) is 0.801. The second-order valence-electron chi connectivity index (χ2n) is 5.76. The van der Waals surface area contributed by atoms with Crippen LogP contribution in [0.3, 0.4) is 0 Å². The van der Waals surface area contributed by atoms with Gasteiger partial charge in [0.05, 0.1) is 17.6 Å². The fourth-order valence-corrected chi connectivity index (χ4v) is 1.52. The number of hydrogen-bond acceptors (Lipinski definition) is 4. The number of aromatic nitrogens is 1. The van der Waals surface area contributed by atoms with Crippen molar-refractivity contribution in [2.75, 3.05) is 11.1 Å². The lowest BCUT2D eigenvalue weighted by Crippen LogP contribution is -2.47. The minimum absolute atomic E-state index is 0.0221. The average molecular weight is 304 g/mol. The van der Waals surface area contributed by atoms with Crippen LogP contribution in [0.4, 0.5) is 24.5 Å². The number of pyridine rings is 1. The highest BCUT2D eigenvalue weighted by molar-refractivity contribution is 5.85. The molecule has 0 fully saturated rings. The maximum Gasteiger partial charge on any atom is 0.433 e. The summed E-state index contributed by atoms with van der Waals surface area (Å²) >= 11 is 0. The number of anilines is 2. The summed E-state index contributed by atoms with van der Waals surface area (Å²) in [6, 6.07) is 0.0472. The Balaban J connectivity index is 2.90. The normalized spacial score (nSPS) is 13.7. The zero-order chi connectivity index (χ0) is 16.4. The first-order chi connectivity index (χ1) is 9.40. The maximum atomic E-state index is 12.6. The Hall–Kier alpha value is -1.99. The van der Waals surface area contributed by atoms with Crippen LogP contribution >= 0.6 is 0 Å². The highest BCUT2D eigenvalue weighted by atomic mass is 19.4. The molecule has 0 bridgehead atoms. The molecule has 21 heavy (non-hydrogen) atoms. The topological polar surface area (TPSA) is 80.0 Å². The van der Waals surface area contributed by atoms with Crippen molar-refractivity contribution in [1.29, 1.82) is 0 Å². The van der Waals surface area contributed by atoms with E-state index >= 15 is 0 Å². The van der Waals surface area contributed by atoms with E-state index in [1.807, 2.05) is 0 Å². The van der Waals surface area contributed by atoms with Crippen molar-refractivity contribution in [3.63, 3.8) is 0 Å². The molecular weight excluding hydrogens is 285 g/mol. The number of nitrogens with one attached hydrogen (secondary N) is 2. The van der Waals surface area contributed by atoms with Crippen LogP contribution in [0.2, 0.25) is 0 Å². The Labute approximate surface area is 121 Å². The van der Waals surface area contributed by atoms with Crippen molar-refractivity contribution in [2.45, 2.75) is 45.5 Å². The molecule has 8 heteroatoms. The van der Waals surface area contributed by atoms with E-state index in [-0.39, 0.29) is 17.3 Å². The zero-order valence-corrected chi connectivity index (χ0v) is 12.3. The van der Waals surface area contributed by atoms with Gasteiger partial charge in [0, 0.05) is 5.54 Å². The molecule has 0 saturated carbocycles. The highest BCUT2D eigenvalue weighted by Gasteiger charge is 2.33. The van der Waals surface area contributed by atoms with Gasteiger partial charge in [-0.05, 0) is 33.8 Å². The van der Waals surface area contributed by atoms with E-state index in [1.54, 1.807) is 20.8 Å². The Bertz CT molecular complexity index is 523. The van der Waals surface area contributed by atoms with Gasteiger partial charge in [-0.15, -0.1) is 0 Å². The number of rotatable bonds is 3. The summed E-state index contributed by atoms with van der Waals surface area (Å²) in [5, 5.41) is 5.39. The summed E-state index contributed by atoms with van der Waals surface area (Å²) in [4.78, 5) is 15.1. The lowest BCUT2D eigenvalue weighted by Gasteiger charge is -2.24. The fraction of sp³-hybridized carbons (Fsp3) is 0.538. The number of amides is 1. The third-order valence-electron chi connectivity index (χ3n) is 2.49. The Morgan fingerprint density at radius 3 is 2.38 bits per heavy atom. The molecule has 1 unspecified atom stereocenters. The van der Waals surface area contributed by atoms with E-state index in [2.05, 4.69) is 15.6 Å². The van der Waals surface area contributed by atoms with Gasteiger partial charge in [-0.3, -0.25) is 4.79 Å². The molecule has 0 aliphatic carbocycles. The van der Waals surface area contributed by atoms with Gasteiger partial charge < -0.3 is 16.4 Å². The van der Waals surface area contributed by atoms with Crippen LogP contribution < -0.4 is 16.4 Å². The molecule has 1 rings (SSSR count). The third-order valence-corrected chi connectivity index (χ3v) is 2.49. The van der Waals surface area contributed by atoms with E-state index in [4.69, 9.17) is 5.73 Å². The number of alkyl halides is 3. The standard InChI is InChI=1S/C13H19F3N4O/c1-7(11(21)20-12(2,3)4)19-9-5-10(13(14,15)16)18-6-8(9)17/h5-7H,17H2,1-4H3,(H,18,19)(H,20,21). The van der Waals surface area contributed by atoms with Gasteiger partial charge in [-0.1, -0.05) is 0 Å². The molecule has 1 aromatic rings. The summed E-state index contributed by atoms with van der Waals surface area (Å²) in [6.07, 6.45) is -3.65. The lowest BCUT2D eigenvalue weighted by atomic mass is 10.1. The van der Waals surface area contributed by atoms with Crippen molar-refractivity contribution in [3.8, 4) is 0 Å². The number of carbonyl (C=O) groups is 1. The monoisotopic (exact) mass is 304 g/mol. The SMILES string of the molecule is CC(Nc1cc(C(F)(F)F)ncc1N)C(=O)NC(C)(C)C. The number of nitrogen functional groups attached to an aromatic ring is 1. The number of hydrogen-bond donors (Lipinski definition) is 3. The molecule has 1 heterocycles. The van der Waals surface area contributed by atoms with Crippen molar-refractivity contribution in [3.05, 3.63) is 18.0 Å². The molecule has 5 nitrogen and oxygen atoms in total. The van der Waals surface area contributed by atoms with Gasteiger partial charge in [0.25, 0.3) is 0 Å². The molecule has 0 aromatic carbocycles. The summed E-state index contributed by atoms with van der Waals surface area (Å²) in [5.74, 6) is -0.340. The highest BCUT2D eigenvalue weighted by Crippen LogP contribution is 2.31. The molecule has 0 spiro atoms. The van der Waals surface area contributed by atoms with Gasteiger partial charge >= 0.3 is 6.18 Å². The Kier molecular flexibility index (Phi) is 4.70. The Morgan fingerprint density at radius 2 is 1.90 bits per heavy atom. The number of nitrogens with two attached hydrogens (primary N) is 1. The molecular formula is C13H19F3N4O. The van der Waals surface area contributed by atoms with Crippen LogP contribution in [-0.2, 0) is 11.0 Å². The fourth-order valence-electron chi connectivity index (χ4n) is 1.52. The van der Waals surface area contributed by atoms with Gasteiger partial charge in [0.1, 0.15) is 11.7 Å². The molecule has 1 aromatic heterocycles. The maximum absolute atomic E-state index is 12.6. The van der Waals surface area contributed by atoms with E-state index in [0.29, 0.717) is 0 Å². The van der Waals surface area contributed by atoms with E-state index in [0.717, 1.165) is 12.3 Å². The van der Waals surface area contributed by atoms with Crippen LogP contribution in [0.5, 0.6) is 0 Å².